The number of methoxy groups -OCH3 is 1. The van der Waals surface area contributed by atoms with Crippen LogP contribution >= 0.6 is 0 Å². The van der Waals surface area contributed by atoms with Gasteiger partial charge in [-0.3, -0.25) is 14.5 Å². The molecule has 4 aromatic carbocycles. The van der Waals surface area contributed by atoms with Gasteiger partial charge in [0.2, 0.25) is 11.8 Å². The van der Waals surface area contributed by atoms with Crippen molar-refractivity contribution in [2.75, 3.05) is 34.3 Å². The number of likely N-dealkylation sites (N-methyl/N-ethyl adjacent to an activating group) is 1. The van der Waals surface area contributed by atoms with Crippen LogP contribution in [-0.2, 0) is 14.3 Å². The maximum absolute atomic E-state index is 13.9. The summed E-state index contributed by atoms with van der Waals surface area (Å²) < 4.78 is 4.77. The molecule has 12 heteroatoms. The van der Waals surface area contributed by atoms with E-state index in [0.717, 1.165) is 87.3 Å². The highest BCUT2D eigenvalue weighted by molar-refractivity contribution is 5.91. The summed E-state index contributed by atoms with van der Waals surface area (Å²) in [6.45, 7) is 5.14. The van der Waals surface area contributed by atoms with Gasteiger partial charge < -0.3 is 29.8 Å². The molecule has 6 aromatic rings. The highest BCUT2D eigenvalue weighted by atomic mass is 16.5. The minimum Gasteiger partial charge on any atom is -0.453 e. The van der Waals surface area contributed by atoms with Crippen molar-refractivity contribution in [1.29, 1.82) is 0 Å². The Morgan fingerprint density at radius 1 is 0.712 bits per heavy atom. The van der Waals surface area contributed by atoms with Crippen LogP contribution in [0, 0.1) is 5.92 Å². The molecule has 0 radical (unpaired) electrons. The van der Waals surface area contributed by atoms with E-state index >= 15 is 0 Å². The van der Waals surface area contributed by atoms with E-state index in [1.54, 1.807) is 0 Å². The monoisotopic (exact) mass is 792 g/mol. The number of carbonyl (C=O) groups is 3. The van der Waals surface area contributed by atoms with Crippen molar-refractivity contribution in [2.24, 2.45) is 5.92 Å². The molecule has 0 saturated carbocycles. The number of aromatic amines is 2. The number of fused-ring (bicyclic) bond motifs is 1. The number of ether oxygens (including phenoxy) is 1. The predicted molar refractivity (Wildman–Crippen MR) is 229 cm³/mol. The van der Waals surface area contributed by atoms with Crippen molar-refractivity contribution in [3.8, 4) is 33.6 Å². The second-order valence-corrected chi connectivity index (χ2v) is 16.2. The number of nitrogens with one attached hydrogen (secondary N) is 3. The summed E-state index contributed by atoms with van der Waals surface area (Å²) in [5.41, 5.74) is 7.07. The van der Waals surface area contributed by atoms with Crippen molar-refractivity contribution in [2.45, 2.75) is 63.7 Å². The number of hydrogen-bond donors (Lipinski definition) is 3. The molecule has 0 aliphatic carbocycles. The Hall–Kier alpha value is -6.27. The fourth-order valence-corrected chi connectivity index (χ4v) is 8.70. The van der Waals surface area contributed by atoms with E-state index in [1.807, 2.05) is 85.4 Å². The van der Waals surface area contributed by atoms with Crippen molar-refractivity contribution >= 4 is 28.7 Å². The number of nitrogens with zero attached hydrogens (tertiary/aromatic N) is 5. The molecule has 8 rings (SSSR count). The molecule has 59 heavy (non-hydrogen) atoms. The zero-order valence-electron chi connectivity index (χ0n) is 34.3. The van der Waals surface area contributed by atoms with Crippen molar-refractivity contribution in [3.63, 3.8) is 0 Å². The number of imidazole rings is 2. The molecule has 304 valence electrons. The number of rotatable bonds is 11. The van der Waals surface area contributed by atoms with Crippen LogP contribution in [0.5, 0.6) is 0 Å². The fraction of sp³-hybridized carbons (Fsp3) is 0.340. The number of likely N-dealkylation sites (tertiary alicyclic amines) is 2. The number of aromatic nitrogens is 4. The Labute approximate surface area is 345 Å². The van der Waals surface area contributed by atoms with E-state index in [2.05, 4.69) is 75.9 Å². The summed E-state index contributed by atoms with van der Waals surface area (Å²) in [4.78, 5) is 61.9. The molecule has 2 aliphatic rings. The Morgan fingerprint density at radius 3 is 1.81 bits per heavy atom. The molecule has 4 atom stereocenters. The Balaban J connectivity index is 0.944. The largest absolute Gasteiger partial charge is 0.453 e. The van der Waals surface area contributed by atoms with Gasteiger partial charge in [0, 0.05) is 18.7 Å². The zero-order valence-corrected chi connectivity index (χ0v) is 34.3. The summed E-state index contributed by atoms with van der Waals surface area (Å²) in [6.07, 6.45) is 6.55. The number of benzene rings is 4. The molecule has 2 aromatic heterocycles. The average Bonchev–Trinajstić information content (AvgIpc) is 4.09. The molecule has 2 fully saturated rings. The molecule has 0 bridgehead atoms. The first kappa shape index (κ1) is 39.6. The summed E-state index contributed by atoms with van der Waals surface area (Å²) in [7, 11) is 5.21. The number of amides is 3. The second-order valence-electron chi connectivity index (χ2n) is 16.2. The molecule has 3 amide bonds. The molecule has 2 aliphatic heterocycles. The lowest BCUT2D eigenvalue weighted by atomic mass is 9.98. The third kappa shape index (κ3) is 8.09. The molecule has 12 nitrogen and oxygen atoms in total. The van der Waals surface area contributed by atoms with Gasteiger partial charge in [-0.2, -0.15) is 0 Å². The van der Waals surface area contributed by atoms with Crippen LogP contribution in [0.2, 0.25) is 0 Å². The summed E-state index contributed by atoms with van der Waals surface area (Å²) in [6, 6.07) is 30.0. The van der Waals surface area contributed by atoms with Gasteiger partial charge in [0.05, 0.1) is 43.0 Å². The lowest BCUT2D eigenvalue weighted by Crippen LogP contribution is -2.51. The second kappa shape index (κ2) is 16.9. The quantitative estimate of drug-likeness (QED) is 0.120. The Morgan fingerprint density at radius 2 is 1.24 bits per heavy atom. The highest BCUT2D eigenvalue weighted by Gasteiger charge is 2.38. The van der Waals surface area contributed by atoms with Crippen LogP contribution in [0.25, 0.3) is 44.4 Å². The first-order chi connectivity index (χ1) is 28.6. The number of carbonyl (C=O) groups excluding carboxylic acids is 3. The van der Waals surface area contributed by atoms with Crippen LogP contribution in [-0.4, -0.2) is 92.9 Å². The lowest BCUT2D eigenvalue weighted by molar-refractivity contribution is -0.137. The van der Waals surface area contributed by atoms with E-state index in [0.29, 0.717) is 13.1 Å². The number of H-pyrrole nitrogens is 2. The molecular formula is C47H52N8O4. The predicted octanol–water partition coefficient (Wildman–Crippen LogP) is 8.30. The molecular weight excluding hydrogens is 741 g/mol. The summed E-state index contributed by atoms with van der Waals surface area (Å²) in [5, 5.41) is 4.94. The third-order valence-electron chi connectivity index (χ3n) is 11.8. The van der Waals surface area contributed by atoms with Crippen LogP contribution in [0.15, 0.2) is 103 Å². The van der Waals surface area contributed by atoms with Gasteiger partial charge in [0.1, 0.15) is 23.7 Å². The zero-order chi connectivity index (χ0) is 41.2. The van der Waals surface area contributed by atoms with Gasteiger partial charge >= 0.3 is 6.09 Å². The van der Waals surface area contributed by atoms with Crippen LogP contribution < -0.4 is 5.32 Å². The first-order valence-electron chi connectivity index (χ1n) is 20.5. The lowest BCUT2D eigenvalue weighted by Gasteiger charge is -2.31. The molecule has 4 heterocycles. The minimum atomic E-state index is -0.680. The molecule has 0 spiro atoms. The Kier molecular flexibility index (Phi) is 11.3. The van der Waals surface area contributed by atoms with E-state index in [4.69, 9.17) is 14.7 Å². The first-order valence-corrected chi connectivity index (χ1v) is 20.5. The standard InChI is InChI=1S/C47H52N8O4/c1-29(2)41(52-47(58)59-5)45(56)54-23-9-13-39(54)43-49-28-38(51-43)36-22-21-34-25-33(19-20-35(34)26-36)30-15-17-31(18-16-30)37-27-48-44(50-37)40-14-10-24-55(40)46(57)42(53(3)4)32-11-7-6-8-12-32/h6-8,11-12,15-22,25-29,39-42H,9-10,13-14,23-24H2,1-5H3,(H,48,50)(H,49,51)(H,52,58)/t39-,40-,41-,42?/m0/s1. The molecule has 2 saturated heterocycles. The SMILES string of the molecule is COC(=O)N[C@H](C(=O)N1CCC[C@H]1c1ncc(-c2ccc3cc(-c4ccc(-c5cnc([C@@H]6CCCN6C(=O)C(c6ccccc6)N(C)C)[nH]5)cc4)ccc3c2)[nH]1)C(C)C. The van der Waals surface area contributed by atoms with E-state index in [-0.39, 0.29) is 35.9 Å². The summed E-state index contributed by atoms with van der Waals surface area (Å²) in [5.74, 6) is 1.43. The number of alkyl carbamates (subject to hydrolysis) is 1. The van der Waals surface area contributed by atoms with Crippen molar-refractivity contribution in [1.82, 2.24) is 40.0 Å². The number of hydrogen-bond acceptors (Lipinski definition) is 7. The molecule has 1 unspecified atom stereocenters. The van der Waals surface area contributed by atoms with Crippen LogP contribution in [0.3, 0.4) is 0 Å². The van der Waals surface area contributed by atoms with E-state index in [1.165, 1.54) is 7.11 Å². The maximum atomic E-state index is 13.9. The molecule has 3 N–H and O–H groups in total. The van der Waals surface area contributed by atoms with Gasteiger partial charge in [-0.05, 0) is 90.9 Å². The van der Waals surface area contributed by atoms with Gasteiger partial charge in [-0.25, -0.2) is 14.8 Å². The highest BCUT2D eigenvalue weighted by Crippen LogP contribution is 2.37. The van der Waals surface area contributed by atoms with Gasteiger partial charge in [0.15, 0.2) is 0 Å². The summed E-state index contributed by atoms with van der Waals surface area (Å²) >= 11 is 0. The van der Waals surface area contributed by atoms with Crippen LogP contribution in [0.1, 0.15) is 74.9 Å². The van der Waals surface area contributed by atoms with Crippen molar-refractivity contribution < 1.29 is 19.1 Å². The van der Waals surface area contributed by atoms with E-state index < -0.39 is 12.1 Å². The Bertz CT molecular complexity index is 2440. The normalized spacial score (nSPS) is 17.8. The fourth-order valence-electron chi connectivity index (χ4n) is 8.70. The van der Waals surface area contributed by atoms with E-state index in [9.17, 15) is 14.4 Å². The minimum absolute atomic E-state index is 0.0932. The van der Waals surface area contributed by atoms with Crippen molar-refractivity contribution in [3.05, 3.63) is 121 Å². The van der Waals surface area contributed by atoms with Gasteiger partial charge in [-0.1, -0.05) is 92.7 Å². The van der Waals surface area contributed by atoms with Gasteiger partial charge in [-0.15, -0.1) is 0 Å². The van der Waals surface area contributed by atoms with Gasteiger partial charge in [0.25, 0.3) is 0 Å². The van der Waals surface area contributed by atoms with Crippen LogP contribution in [0.4, 0.5) is 4.79 Å². The maximum Gasteiger partial charge on any atom is 0.407 e. The average molecular weight is 793 g/mol. The smallest absolute Gasteiger partial charge is 0.407 e. The topological polar surface area (TPSA) is 140 Å². The third-order valence-corrected chi connectivity index (χ3v) is 11.8.